The maximum Gasteiger partial charge on any atom is 0.407 e. The highest BCUT2D eigenvalue weighted by molar-refractivity contribution is 6.09. The molecule has 3 aliphatic heterocycles. The van der Waals surface area contributed by atoms with E-state index in [-0.39, 0.29) is 36.2 Å². The number of nitrogens with one attached hydrogen (secondary N) is 3. The van der Waals surface area contributed by atoms with Crippen LogP contribution in [0.4, 0.5) is 37.0 Å². The van der Waals surface area contributed by atoms with Crippen molar-refractivity contribution in [2.45, 2.75) is 88.7 Å². The molecule has 0 saturated carbocycles. The zero-order valence-electron chi connectivity index (χ0n) is 35.5. The van der Waals surface area contributed by atoms with Gasteiger partial charge in [0.25, 0.3) is 0 Å². The molecule has 2 amide bonds. The molecular weight excluding hydrogens is 847 g/mol. The van der Waals surface area contributed by atoms with Crippen LogP contribution in [0.2, 0.25) is 0 Å². The average Bonchev–Trinajstić information content (AvgIpc) is 3.47. The molecule has 6 N–H and O–H groups in total. The highest BCUT2D eigenvalue weighted by atomic mass is 19.4. The molecule has 2 unspecified atom stereocenters. The summed E-state index contributed by atoms with van der Waals surface area (Å²) in [7, 11) is 0.939. The van der Waals surface area contributed by atoms with E-state index in [4.69, 9.17) is 15.5 Å². The molecule has 0 spiro atoms. The number of nitrogens with zero attached hydrogens (tertiary/aromatic N) is 4. The summed E-state index contributed by atoms with van der Waals surface area (Å²) in [5.41, 5.74) is 5.02. The van der Waals surface area contributed by atoms with Crippen LogP contribution in [0.25, 0.3) is 5.57 Å². The summed E-state index contributed by atoms with van der Waals surface area (Å²) in [6, 6.07) is 12.7. The molecule has 0 radical (unpaired) electrons. The second-order valence-corrected chi connectivity index (χ2v) is 16.6. The standard InChI is InChI=1S/C45H52F6N8O5/c1-44(2,45(49,50)51)40(57-43(62)63-3)41(61)56-37(38(60)22-53-20-31-12-11-30(17-36(31)46)32(18-52)21-55-42(47)48)16-28-7-4-27(5-8-28)6-9-29-10-15-39(54-19-29)58-23-33-13-14-34(24-58)59(33)35-25-64-26-35/h4-5,7-8,10-12,15,17-19,21,33-35,37-38,40,42,53,60H,13-14,16,20,22-26,52H2,1-3H3,(H,56,61)(H,57,62)/t33?,34?,37-,38-,40+/m0/s1. The Morgan fingerprint density at radius 2 is 1.69 bits per heavy atom. The number of carbonyl (C=O) groups excluding carboxylic acids is 2. The Morgan fingerprint density at radius 3 is 2.25 bits per heavy atom. The van der Waals surface area contributed by atoms with E-state index in [9.17, 15) is 36.6 Å². The minimum Gasteiger partial charge on any atom is -0.453 e. The Bertz CT molecular complexity index is 2200. The quantitative estimate of drug-likeness (QED) is 0.0586. The van der Waals surface area contributed by atoms with Crippen LogP contribution in [-0.4, -0.2) is 122 Å². The molecule has 19 heteroatoms. The van der Waals surface area contributed by atoms with Gasteiger partial charge in [-0.3, -0.25) is 9.69 Å². The minimum absolute atomic E-state index is 0.0514. The molecule has 3 fully saturated rings. The lowest BCUT2D eigenvalue weighted by Crippen LogP contribution is -2.62. The van der Waals surface area contributed by atoms with E-state index in [0.29, 0.717) is 34.8 Å². The number of nitrogens with two attached hydrogens (primary N) is 1. The monoisotopic (exact) mass is 898 g/mol. The van der Waals surface area contributed by atoms with Gasteiger partial charge in [-0.2, -0.15) is 22.0 Å². The highest BCUT2D eigenvalue weighted by Crippen LogP contribution is 2.41. The number of rotatable bonds is 16. The molecule has 0 aliphatic carbocycles. The third-order valence-corrected chi connectivity index (χ3v) is 11.9. The molecular formula is C45H52F6N8O5. The third kappa shape index (κ3) is 11.7. The summed E-state index contributed by atoms with van der Waals surface area (Å²) in [4.78, 5) is 38.4. The Hall–Kier alpha value is -5.68. The van der Waals surface area contributed by atoms with E-state index in [1.54, 1.807) is 30.5 Å². The van der Waals surface area contributed by atoms with Gasteiger partial charge in [0, 0.05) is 79.1 Å². The molecule has 4 heterocycles. The number of aliphatic hydroxyl groups is 1. The highest BCUT2D eigenvalue weighted by Gasteiger charge is 2.56. The average molecular weight is 899 g/mol. The van der Waals surface area contributed by atoms with E-state index in [1.165, 1.54) is 25.0 Å². The number of halogens is 6. The molecule has 2 bridgehead atoms. The van der Waals surface area contributed by atoms with Crippen molar-refractivity contribution in [3.63, 3.8) is 0 Å². The second kappa shape index (κ2) is 20.9. The van der Waals surface area contributed by atoms with E-state index in [0.717, 1.165) is 71.6 Å². The van der Waals surface area contributed by atoms with Crippen molar-refractivity contribution >= 4 is 29.6 Å². The van der Waals surface area contributed by atoms with Gasteiger partial charge in [-0.05, 0) is 74.6 Å². The molecule has 1 aromatic heterocycles. The minimum atomic E-state index is -4.95. The van der Waals surface area contributed by atoms with Crippen molar-refractivity contribution in [2.24, 2.45) is 16.1 Å². The summed E-state index contributed by atoms with van der Waals surface area (Å²) in [6.45, 7) is 1.54. The van der Waals surface area contributed by atoms with Gasteiger partial charge in [-0.15, -0.1) is 0 Å². The van der Waals surface area contributed by atoms with Crippen LogP contribution in [0.3, 0.4) is 0 Å². The van der Waals surface area contributed by atoms with Crippen LogP contribution >= 0.6 is 0 Å². The maximum absolute atomic E-state index is 15.1. The van der Waals surface area contributed by atoms with Gasteiger partial charge >= 0.3 is 18.8 Å². The van der Waals surface area contributed by atoms with Crippen molar-refractivity contribution in [1.82, 2.24) is 25.8 Å². The Kier molecular flexibility index (Phi) is 15.6. The normalized spacial score (nSPS) is 19.7. The van der Waals surface area contributed by atoms with Crippen molar-refractivity contribution in [2.75, 3.05) is 44.9 Å². The van der Waals surface area contributed by atoms with Crippen molar-refractivity contribution in [3.05, 3.63) is 101 Å². The largest absolute Gasteiger partial charge is 0.453 e. The van der Waals surface area contributed by atoms with E-state index in [1.807, 2.05) is 17.4 Å². The van der Waals surface area contributed by atoms with Crippen LogP contribution in [0.15, 0.2) is 72.0 Å². The number of alkyl carbamates (subject to hydrolysis) is 1. The number of methoxy groups -OCH3 is 1. The number of amides is 2. The number of anilines is 1. The number of ether oxygens (including phenoxy) is 2. The molecule has 3 aromatic rings. The first-order valence-electron chi connectivity index (χ1n) is 20.8. The lowest BCUT2D eigenvalue weighted by atomic mass is 9.82. The number of pyridine rings is 1. The van der Waals surface area contributed by atoms with Gasteiger partial charge in [-0.1, -0.05) is 36.1 Å². The van der Waals surface area contributed by atoms with E-state index >= 15 is 4.39 Å². The van der Waals surface area contributed by atoms with E-state index in [2.05, 4.69) is 42.0 Å². The van der Waals surface area contributed by atoms with Gasteiger partial charge in [0.05, 0.1) is 43.9 Å². The summed E-state index contributed by atoms with van der Waals surface area (Å²) in [5.74, 6) is 5.16. The van der Waals surface area contributed by atoms with Gasteiger partial charge in [0.15, 0.2) is 0 Å². The number of fused-ring (bicyclic) bond motifs is 2. The fourth-order valence-corrected chi connectivity index (χ4v) is 8.06. The maximum atomic E-state index is 15.1. The number of aliphatic hydroxyl groups excluding tert-OH is 1. The topological polar surface area (TPSA) is 167 Å². The summed E-state index contributed by atoms with van der Waals surface area (Å²) in [6.07, 6.45) is -1.85. The SMILES string of the molecule is COC(=O)N[C@H](C(=O)N[C@@H](Cc1ccc(C#Cc2ccc(N3CC4CCC(C3)N4C3COC3)nc2)cc1)[C@@H](O)CNCc1ccc(C(C=NC(F)F)=CN)cc1F)C(C)(C)C(F)(F)F. The van der Waals surface area contributed by atoms with Crippen LogP contribution in [0, 0.1) is 23.1 Å². The molecule has 6 rings (SSSR count). The predicted molar refractivity (Wildman–Crippen MR) is 228 cm³/mol. The number of benzene rings is 2. The Labute approximate surface area is 367 Å². The van der Waals surface area contributed by atoms with Crippen LogP contribution < -0.4 is 26.6 Å². The number of hydrogen-bond acceptors (Lipinski definition) is 11. The first-order valence-corrected chi connectivity index (χ1v) is 20.8. The molecule has 3 saturated heterocycles. The summed E-state index contributed by atoms with van der Waals surface area (Å²) >= 11 is 0. The second-order valence-electron chi connectivity index (χ2n) is 16.6. The number of carbonyl (C=O) groups is 2. The number of hydrogen-bond donors (Lipinski definition) is 5. The van der Waals surface area contributed by atoms with Crippen molar-refractivity contribution in [3.8, 4) is 11.8 Å². The van der Waals surface area contributed by atoms with Crippen LogP contribution in [0.5, 0.6) is 0 Å². The van der Waals surface area contributed by atoms with Gasteiger partial charge in [0.1, 0.15) is 17.7 Å². The Morgan fingerprint density at radius 1 is 1.02 bits per heavy atom. The summed E-state index contributed by atoms with van der Waals surface area (Å²) in [5, 5.41) is 18.7. The lowest BCUT2D eigenvalue weighted by Gasteiger charge is -2.47. The van der Waals surface area contributed by atoms with Crippen LogP contribution in [-0.2, 0) is 27.2 Å². The van der Waals surface area contributed by atoms with Crippen LogP contribution in [0.1, 0.15) is 54.5 Å². The molecule has 3 aliphatic rings. The fourth-order valence-electron chi connectivity index (χ4n) is 8.06. The molecule has 344 valence electrons. The first-order chi connectivity index (χ1) is 30.5. The first kappa shape index (κ1) is 47.8. The van der Waals surface area contributed by atoms with Gasteiger partial charge < -0.3 is 41.2 Å². The zero-order chi connectivity index (χ0) is 46.2. The van der Waals surface area contributed by atoms with Crippen molar-refractivity contribution < 1.29 is 50.5 Å². The molecule has 2 aromatic carbocycles. The summed E-state index contributed by atoms with van der Waals surface area (Å²) < 4.78 is 92.8. The number of aromatic nitrogens is 1. The predicted octanol–water partition coefficient (Wildman–Crippen LogP) is 4.76. The number of allylic oxidation sites excluding steroid dienone is 1. The zero-order valence-corrected chi connectivity index (χ0v) is 35.5. The van der Waals surface area contributed by atoms with E-state index < -0.39 is 54.1 Å². The number of piperazine rings is 1. The smallest absolute Gasteiger partial charge is 0.407 e. The number of alkyl halides is 5. The molecule has 13 nitrogen and oxygen atoms in total. The number of aliphatic imine (C=N–C) groups is 1. The van der Waals surface area contributed by atoms with Crippen molar-refractivity contribution in [1.29, 1.82) is 0 Å². The fraction of sp³-hybridized carbons (Fsp3) is 0.467. The third-order valence-electron chi connectivity index (χ3n) is 11.9. The van der Waals surface area contributed by atoms with Gasteiger partial charge in [0.2, 0.25) is 5.91 Å². The lowest BCUT2D eigenvalue weighted by molar-refractivity contribution is -0.220. The van der Waals surface area contributed by atoms with Gasteiger partial charge in [-0.25, -0.2) is 19.2 Å². The molecule has 64 heavy (non-hydrogen) atoms. The Balaban J connectivity index is 1.13. The molecule has 5 atom stereocenters.